The van der Waals surface area contributed by atoms with Crippen molar-refractivity contribution in [2.75, 3.05) is 0 Å². The Balaban J connectivity index is 2.15. The van der Waals surface area contributed by atoms with Crippen LogP contribution in [0.3, 0.4) is 0 Å². The second-order valence-electron chi connectivity index (χ2n) is 3.52. The van der Waals surface area contributed by atoms with E-state index in [1.54, 1.807) is 30.4 Å². The summed E-state index contributed by atoms with van der Waals surface area (Å²) in [6, 6.07) is 3.89. The fourth-order valence-corrected chi connectivity index (χ4v) is 2.58. The first-order valence-corrected chi connectivity index (χ1v) is 6.14. The molecule has 0 saturated heterocycles. The van der Waals surface area contributed by atoms with Crippen LogP contribution in [-0.4, -0.2) is 16.0 Å². The summed E-state index contributed by atoms with van der Waals surface area (Å²) in [5.74, 6) is 0.899. The van der Waals surface area contributed by atoms with E-state index in [0.29, 0.717) is 0 Å². The number of nitrogens with two attached hydrogens (primary N) is 1. The van der Waals surface area contributed by atoms with Crippen molar-refractivity contribution in [3.8, 4) is 0 Å². The van der Waals surface area contributed by atoms with E-state index in [1.165, 1.54) is 0 Å². The quantitative estimate of drug-likeness (QED) is 0.784. The number of nitrogens with one attached hydrogen (secondary N) is 1. The highest BCUT2D eigenvalue weighted by molar-refractivity contribution is 7.99. The Labute approximate surface area is 98.6 Å². The highest BCUT2D eigenvalue weighted by Crippen LogP contribution is 2.36. The van der Waals surface area contributed by atoms with Crippen molar-refractivity contribution in [1.82, 2.24) is 9.97 Å². The van der Waals surface area contributed by atoms with Crippen LogP contribution in [-0.2, 0) is 0 Å². The van der Waals surface area contributed by atoms with E-state index in [4.69, 9.17) is 10.2 Å². The highest BCUT2D eigenvalue weighted by atomic mass is 32.2. The second kappa shape index (κ2) is 5.23. The standard InChI is InChI=1S/C11H15N3OS/c1-2-8(12)10(9-4-3-7-15-9)16-11-13-5-6-14-11/h3-8,10H,2,12H2,1H3,(H,13,14). The summed E-state index contributed by atoms with van der Waals surface area (Å²) in [4.78, 5) is 7.26. The van der Waals surface area contributed by atoms with Gasteiger partial charge in [-0.25, -0.2) is 4.98 Å². The van der Waals surface area contributed by atoms with E-state index in [1.807, 2.05) is 12.1 Å². The van der Waals surface area contributed by atoms with Crippen LogP contribution >= 0.6 is 11.8 Å². The average molecular weight is 237 g/mol. The van der Waals surface area contributed by atoms with Gasteiger partial charge in [0.2, 0.25) is 0 Å². The van der Waals surface area contributed by atoms with E-state index in [-0.39, 0.29) is 11.3 Å². The van der Waals surface area contributed by atoms with Gasteiger partial charge >= 0.3 is 0 Å². The summed E-state index contributed by atoms with van der Waals surface area (Å²) in [5, 5.41) is 0.969. The van der Waals surface area contributed by atoms with Crippen molar-refractivity contribution in [3.63, 3.8) is 0 Å². The Morgan fingerprint density at radius 1 is 1.62 bits per heavy atom. The van der Waals surface area contributed by atoms with E-state index < -0.39 is 0 Å². The molecule has 0 aromatic carbocycles. The summed E-state index contributed by atoms with van der Waals surface area (Å²) in [7, 11) is 0. The fourth-order valence-electron chi connectivity index (χ4n) is 1.46. The van der Waals surface area contributed by atoms with Gasteiger partial charge in [0.15, 0.2) is 5.16 Å². The summed E-state index contributed by atoms with van der Waals surface area (Å²) >= 11 is 1.60. The maximum atomic E-state index is 6.10. The number of H-pyrrole nitrogens is 1. The van der Waals surface area contributed by atoms with Gasteiger partial charge in [-0.1, -0.05) is 18.7 Å². The molecule has 0 aliphatic carbocycles. The van der Waals surface area contributed by atoms with Crippen LogP contribution in [0.2, 0.25) is 0 Å². The number of aromatic nitrogens is 2. The number of imidazole rings is 1. The van der Waals surface area contributed by atoms with Crippen molar-refractivity contribution in [1.29, 1.82) is 0 Å². The minimum absolute atomic E-state index is 0.0567. The minimum atomic E-state index is 0.0567. The van der Waals surface area contributed by atoms with Gasteiger partial charge < -0.3 is 15.1 Å². The number of thioether (sulfide) groups is 1. The third-order valence-corrected chi connectivity index (χ3v) is 3.68. The van der Waals surface area contributed by atoms with E-state index >= 15 is 0 Å². The minimum Gasteiger partial charge on any atom is -0.468 e. The lowest BCUT2D eigenvalue weighted by Gasteiger charge is -2.18. The molecule has 5 heteroatoms. The number of aromatic amines is 1. The molecule has 0 fully saturated rings. The number of hydrogen-bond acceptors (Lipinski definition) is 4. The zero-order chi connectivity index (χ0) is 11.4. The Morgan fingerprint density at radius 2 is 2.50 bits per heavy atom. The molecule has 0 radical (unpaired) electrons. The lowest BCUT2D eigenvalue weighted by atomic mass is 10.1. The SMILES string of the molecule is CCC(N)C(Sc1ncc[nH]1)c1ccco1. The molecule has 86 valence electrons. The first-order chi connectivity index (χ1) is 7.81. The molecule has 3 N–H and O–H groups in total. The number of nitrogens with zero attached hydrogens (tertiary/aromatic N) is 1. The van der Waals surface area contributed by atoms with E-state index in [0.717, 1.165) is 17.3 Å². The molecule has 16 heavy (non-hydrogen) atoms. The van der Waals surface area contributed by atoms with Crippen LogP contribution in [0.5, 0.6) is 0 Å². The molecule has 0 amide bonds. The van der Waals surface area contributed by atoms with Crippen LogP contribution < -0.4 is 5.73 Å². The van der Waals surface area contributed by atoms with Crippen LogP contribution in [0.1, 0.15) is 24.4 Å². The third-order valence-electron chi connectivity index (χ3n) is 2.40. The predicted octanol–water partition coefficient (Wildman–Crippen LogP) is 2.57. The lowest BCUT2D eigenvalue weighted by Crippen LogP contribution is -2.25. The van der Waals surface area contributed by atoms with E-state index in [2.05, 4.69) is 16.9 Å². The molecule has 0 spiro atoms. The molecule has 2 aromatic rings. The predicted molar refractivity (Wildman–Crippen MR) is 64.2 cm³/mol. The number of hydrogen-bond donors (Lipinski definition) is 2. The molecule has 4 nitrogen and oxygen atoms in total. The first kappa shape index (κ1) is 11.3. The Morgan fingerprint density at radius 3 is 3.06 bits per heavy atom. The Kier molecular flexibility index (Phi) is 3.69. The van der Waals surface area contributed by atoms with E-state index in [9.17, 15) is 0 Å². The van der Waals surface area contributed by atoms with Gasteiger partial charge in [-0.2, -0.15) is 0 Å². The maximum Gasteiger partial charge on any atom is 0.166 e. The third kappa shape index (κ3) is 2.48. The van der Waals surface area contributed by atoms with Gasteiger partial charge in [-0.05, 0) is 18.6 Å². The Hall–Kier alpha value is -1.20. The van der Waals surface area contributed by atoms with Crippen LogP contribution in [0.25, 0.3) is 0 Å². The summed E-state index contributed by atoms with van der Waals surface area (Å²) in [5.41, 5.74) is 6.10. The van der Waals surface area contributed by atoms with Gasteiger partial charge in [0.05, 0.1) is 11.5 Å². The summed E-state index contributed by atoms with van der Waals surface area (Å²) < 4.78 is 5.42. The smallest absolute Gasteiger partial charge is 0.166 e. The molecular weight excluding hydrogens is 222 g/mol. The van der Waals surface area contributed by atoms with Gasteiger partial charge in [-0.3, -0.25) is 0 Å². The zero-order valence-corrected chi connectivity index (χ0v) is 9.91. The van der Waals surface area contributed by atoms with Crippen LogP contribution in [0.15, 0.2) is 40.4 Å². The normalized spacial score (nSPS) is 14.9. The second-order valence-corrected chi connectivity index (χ2v) is 4.65. The van der Waals surface area contributed by atoms with Crippen molar-refractivity contribution >= 4 is 11.8 Å². The average Bonchev–Trinajstić information content (AvgIpc) is 2.97. The molecule has 2 rings (SSSR count). The van der Waals surface area contributed by atoms with Gasteiger partial charge in [0, 0.05) is 18.4 Å². The molecular formula is C11H15N3OS. The van der Waals surface area contributed by atoms with Gasteiger partial charge in [0.1, 0.15) is 5.76 Å². The molecule has 2 atom stereocenters. The molecule has 0 saturated carbocycles. The highest BCUT2D eigenvalue weighted by Gasteiger charge is 2.23. The molecule has 0 aliphatic rings. The number of furan rings is 1. The molecule has 0 aliphatic heterocycles. The molecule has 2 heterocycles. The monoisotopic (exact) mass is 237 g/mol. The van der Waals surface area contributed by atoms with Gasteiger partial charge in [0.25, 0.3) is 0 Å². The van der Waals surface area contributed by atoms with Crippen LogP contribution in [0, 0.1) is 0 Å². The van der Waals surface area contributed by atoms with Gasteiger partial charge in [-0.15, -0.1) is 0 Å². The molecule has 2 unspecified atom stereocenters. The molecule has 2 aromatic heterocycles. The Bertz CT molecular complexity index is 399. The summed E-state index contributed by atoms with van der Waals surface area (Å²) in [6.45, 7) is 2.07. The number of rotatable bonds is 5. The molecule has 0 bridgehead atoms. The van der Waals surface area contributed by atoms with Crippen molar-refractivity contribution in [3.05, 3.63) is 36.5 Å². The first-order valence-electron chi connectivity index (χ1n) is 5.26. The lowest BCUT2D eigenvalue weighted by molar-refractivity contribution is 0.473. The fraction of sp³-hybridized carbons (Fsp3) is 0.364. The van der Waals surface area contributed by atoms with Crippen molar-refractivity contribution < 1.29 is 4.42 Å². The largest absolute Gasteiger partial charge is 0.468 e. The van der Waals surface area contributed by atoms with Crippen molar-refractivity contribution in [2.24, 2.45) is 5.73 Å². The van der Waals surface area contributed by atoms with Crippen LogP contribution in [0.4, 0.5) is 0 Å². The maximum absolute atomic E-state index is 6.10. The van der Waals surface area contributed by atoms with Crippen molar-refractivity contribution in [2.45, 2.75) is 29.8 Å². The zero-order valence-electron chi connectivity index (χ0n) is 9.09. The summed E-state index contributed by atoms with van der Waals surface area (Å²) in [6.07, 6.45) is 6.12. The topological polar surface area (TPSA) is 67.8 Å².